The zero-order chi connectivity index (χ0) is 25.6. The number of nitrogens with zero attached hydrogens (tertiary/aromatic N) is 3. The van der Waals surface area contributed by atoms with Crippen LogP contribution in [0.2, 0.25) is 0 Å². The summed E-state index contributed by atoms with van der Waals surface area (Å²) in [6, 6.07) is 17.5. The van der Waals surface area contributed by atoms with E-state index in [0.29, 0.717) is 17.1 Å². The molecule has 0 fully saturated rings. The van der Waals surface area contributed by atoms with E-state index in [4.69, 9.17) is 0 Å². The van der Waals surface area contributed by atoms with Gasteiger partial charge in [-0.3, -0.25) is 14.9 Å². The second-order valence-corrected chi connectivity index (χ2v) is 9.09. The lowest BCUT2D eigenvalue weighted by atomic mass is 9.99. The summed E-state index contributed by atoms with van der Waals surface area (Å²) in [5.74, 6) is -2.32. The molecule has 3 heterocycles. The standard InChI is InChI=1S/C28H25F2N5O/c1-16-5-10-21(13-22(16)23-12-19-15-31-17(2)11-25(19)35(4)27(23)36)32-26-14-24(33-34-26)18-6-8-20(9-7-18)28(3,29)30/h5-15H,1-4H3,(H2,32,33,34). The lowest BCUT2D eigenvalue weighted by Crippen LogP contribution is -2.19. The number of rotatable bonds is 5. The van der Waals surface area contributed by atoms with Gasteiger partial charge in [0.05, 0.1) is 11.2 Å². The predicted molar refractivity (Wildman–Crippen MR) is 139 cm³/mol. The van der Waals surface area contributed by atoms with Crippen LogP contribution in [0.15, 0.2) is 71.7 Å². The first kappa shape index (κ1) is 23.4. The number of hydrogen-bond donors (Lipinski definition) is 2. The second kappa shape index (κ2) is 8.71. The second-order valence-electron chi connectivity index (χ2n) is 9.09. The maximum atomic E-state index is 13.5. The highest BCUT2D eigenvalue weighted by Gasteiger charge is 2.23. The number of aryl methyl sites for hydroxylation is 3. The third kappa shape index (κ3) is 4.37. The third-order valence-electron chi connectivity index (χ3n) is 6.33. The van der Waals surface area contributed by atoms with Crippen LogP contribution in [-0.4, -0.2) is 19.7 Å². The van der Waals surface area contributed by atoms with Crippen molar-refractivity contribution in [1.82, 2.24) is 19.7 Å². The Balaban J connectivity index is 1.46. The van der Waals surface area contributed by atoms with Crippen molar-refractivity contribution in [3.05, 3.63) is 94.0 Å². The number of aromatic nitrogens is 4. The van der Waals surface area contributed by atoms with Gasteiger partial charge >= 0.3 is 0 Å². The number of pyridine rings is 2. The van der Waals surface area contributed by atoms with Crippen LogP contribution >= 0.6 is 0 Å². The Morgan fingerprint density at radius 1 is 0.972 bits per heavy atom. The Morgan fingerprint density at radius 3 is 2.44 bits per heavy atom. The highest BCUT2D eigenvalue weighted by Crippen LogP contribution is 2.31. The molecule has 0 atom stereocenters. The summed E-state index contributed by atoms with van der Waals surface area (Å²) in [5.41, 5.74) is 6.14. The quantitative estimate of drug-likeness (QED) is 0.299. The van der Waals surface area contributed by atoms with Gasteiger partial charge in [0, 0.05) is 54.1 Å². The molecule has 2 aromatic carbocycles. The molecule has 5 rings (SSSR count). The summed E-state index contributed by atoms with van der Waals surface area (Å²) in [4.78, 5) is 17.6. The molecule has 0 bridgehead atoms. The van der Waals surface area contributed by atoms with Gasteiger partial charge in [0.1, 0.15) is 0 Å². The first-order valence-corrected chi connectivity index (χ1v) is 11.5. The molecule has 182 valence electrons. The average Bonchev–Trinajstić information content (AvgIpc) is 3.31. The maximum absolute atomic E-state index is 13.5. The van der Waals surface area contributed by atoms with Gasteiger partial charge in [-0.15, -0.1) is 0 Å². The molecule has 0 aliphatic carbocycles. The van der Waals surface area contributed by atoms with Crippen molar-refractivity contribution in [1.29, 1.82) is 0 Å². The van der Waals surface area contributed by atoms with Crippen molar-refractivity contribution in [3.8, 4) is 22.4 Å². The number of H-pyrrole nitrogens is 1. The fourth-order valence-electron chi connectivity index (χ4n) is 4.27. The fraction of sp³-hybridized carbons (Fsp3) is 0.179. The Hall–Kier alpha value is -4.33. The van der Waals surface area contributed by atoms with E-state index in [2.05, 4.69) is 20.5 Å². The van der Waals surface area contributed by atoms with Crippen LogP contribution in [0, 0.1) is 13.8 Å². The summed E-state index contributed by atoms with van der Waals surface area (Å²) < 4.78 is 28.7. The van der Waals surface area contributed by atoms with Gasteiger partial charge in [-0.2, -0.15) is 5.10 Å². The van der Waals surface area contributed by atoms with Gasteiger partial charge in [-0.25, -0.2) is 8.78 Å². The number of alkyl halides is 2. The molecular weight excluding hydrogens is 460 g/mol. The highest BCUT2D eigenvalue weighted by molar-refractivity contribution is 5.85. The largest absolute Gasteiger partial charge is 0.339 e. The molecule has 0 amide bonds. The molecule has 0 aliphatic heterocycles. The molecule has 0 saturated carbocycles. The summed E-state index contributed by atoms with van der Waals surface area (Å²) in [6.07, 6.45) is 1.78. The topological polar surface area (TPSA) is 75.6 Å². The van der Waals surface area contributed by atoms with Gasteiger partial charge in [-0.05, 0) is 54.8 Å². The number of aromatic amines is 1. The van der Waals surface area contributed by atoms with Gasteiger partial charge in [-0.1, -0.05) is 30.3 Å². The zero-order valence-corrected chi connectivity index (χ0v) is 20.4. The van der Waals surface area contributed by atoms with Gasteiger partial charge in [0.15, 0.2) is 5.82 Å². The summed E-state index contributed by atoms with van der Waals surface area (Å²) >= 11 is 0. The van der Waals surface area contributed by atoms with Gasteiger partial charge < -0.3 is 9.88 Å². The first-order valence-electron chi connectivity index (χ1n) is 11.5. The smallest absolute Gasteiger partial charge is 0.270 e. The lowest BCUT2D eigenvalue weighted by molar-refractivity contribution is 0.0175. The van der Waals surface area contributed by atoms with Crippen molar-refractivity contribution in [2.45, 2.75) is 26.7 Å². The average molecular weight is 486 g/mol. The molecule has 8 heteroatoms. The monoisotopic (exact) mass is 485 g/mol. The summed E-state index contributed by atoms with van der Waals surface area (Å²) in [6.45, 7) is 4.74. The molecule has 0 radical (unpaired) electrons. The zero-order valence-electron chi connectivity index (χ0n) is 20.4. The number of fused-ring (bicyclic) bond motifs is 1. The molecule has 2 N–H and O–H groups in total. The third-order valence-corrected chi connectivity index (χ3v) is 6.33. The van der Waals surface area contributed by atoms with Crippen molar-refractivity contribution in [2.24, 2.45) is 7.05 Å². The Labute approximate surface area is 206 Å². The van der Waals surface area contributed by atoms with E-state index in [-0.39, 0.29) is 11.1 Å². The van der Waals surface area contributed by atoms with Crippen LogP contribution in [-0.2, 0) is 13.0 Å². The van der Waals surface area contributed by atoms with Crippen LogP contribution in [0.3, 0.4) is 0 Å². The van der Waals surface area contributed by atoms with Crippen molar-refractivity contribution in [3.63, 3.8) is 0 Å². The van der Waals surface area contributed by atoms with E-state index in [1.807, 2.05) is 50.2 Å². The van der Waals surface area contributed by atoms with E-state index >= 15 is 0 Å². The fourth-order valence-corrected chi connectivity index (χ4v) is 4.27. The molecular formula is C28H25F2N5O. The molecule has 3 aromatic heterocycles. The van der Waals surface area contributed by atoms with Gasteiger partial charge in [0.25, 0.3) is 11.5 Å². The molecule has 0 unspecified atom stereocenters. The number of anilines is 2. The number of halogens is 2. The van der Waals surface area contributed by atoms with Crippen molar-refractivity contribution < 1.29 is 8.78 Å². The van der Waals surface area contributed by atoms with Crippen LogP contribution < -0.4 is 10.9 Å². The molecule has 0 aliphatic rings. The number of hydrogen-bond acceptors (Lipinski definition) is 4. The van der Waals surface area contributed by atoms with Crippen LogP contribution in [0.25, 0.3) is 33.3 Å². The maximum Gasteiger partial charge on any atom is 0.270 e. The predicted octanol–water partition coefficient (Wildman–Crippen LogP) is 6.46. The molecule has 6 nitrogen and oxygen atoms in total. The highest BCUT2D eigenvalue weighted by atomic mass is 19.3. The number of nitrogens with one attached hydrogen (secondary N) is 2. The van der Waals surface area contributed by atoms with E-state index in [0.717, 1.165) is 45.9 Å². The van der Waals surface area contributed by atoms with Crippen LogP contribution in [0.5, 0.6) is 0 Å². The van der Waals surface area contributed by atoms with E-state index < -0.39 is 5.92 Å². The lowest BCUT2D eigenvalue weighted by Gasteiger charge is -2.13. The molecule has 36 heavy (non-hydrogen) atoms. The number of benzene rings is 2. The first-order chi connectivity index (χ1) is 17.1. The molecule has 5 aromatic rings. The Kier molecular flexibility index (Phi) is 5.67. The van der Waals surface area contributed by atoms with E-state index in [1.165, 1.54) is 12.1 Å². The van der Waals surface area contributed by atoms with Crippen molar-refractivity contribution >= 4 is 22.4 Å². The summed E-state index contributed by atoms with van der Waals surface area (Å²) in [7, 11) is 1.77. The van der Waals surface area contributed by atoms with E-state index in [9.17, 15) is 13.6 Å². The van der Waals surface area contributed by atoms with E-state index in [1.54, 1.807) is 29.9 Å². The minimum atomic E-state index is -2.89. The Bertz CT molecular complexity index is 1650. The van der Waals surface area contributed by atoms with Crippen LogP contribution in [0.1, 0.15) is 23.7 Å². The minimum Gasteiger partial charge on any atom is -0.339 e. The Morgan fingerprint density at radius 2 is 1.72 bits per heavy atom. The molecule has 0 spiro atoms. The van der Waals surface area contributed by atoms with Gasteiger partial charge in [0.2, 0.25) is 0 Å². The van der Waals surface area contributed by atoms with Crippen LogP contribution in [0.4, 0.5) is 20.3 Å². The minimum absolute atomic E-state index is 0.0398. The summed E-state index contributed by atoms with van der Waals surface area (Å²) in [5, 5.41) is 11.4. The molecule has 0 saturated heterocycles. The normalized spacial score (nSPS) is 11.7. The SMILES string of the molecule is Cc1cc2c(cn1)cc(-c1cc(Nc3cc(-c4ccc(C(C)(F)F)cc4)[nH]n3)ccc1C)c(=O)n2C. The van der Waals surface area contributed by atoms with Crippen molar-refractivity contribution in [2.75, 3.05) is 5.32 Å².